The number of hydrogen-bond acceptors (Lipinski definition) is 11. The summed E-state index contributed by atoms with van der Waals surface area (Å²) in [6.45, 7) is 0.895. The minimum absolute atomic E-state index is 0.0221. The van der Waals surface area contributed by atoms with Gasteiger partial charge in [0.2, 0.25) is 5.95 Å². The van der Waals surface area contributed by atoms with Crippen LogP contribution in [-0.4, -0.2) is 64.6 Å². The third-order valence-electron chi connectivity index (χ3n) is 4.92. The Labute approximate surface area is 192 Å². The van der Waals surface area contributed by atoms with E-state index in [1.54, 1.807) is 12.1 Å². The number of anilines is 4. The molecule has 0 radical (unpaired) electrons. The van der Waals surface area contributed by atoms with E-state index in [0.717, 1.165) is 0 Å². The summed E-state index contributed by atoms with van der Waals surface area (Å²) in [6, 6.07) is 4.85. The number of ether oxygens (including phenoxy) is 1. The zero-order chi connectivity index (χ0) is 24.7. The van der Waals surface area contributed by atoms with Crippen LogP contribution in [0.5, 0.6) is 0 Å². The average molecular weight is 473 g/mol. The Bertz CT molecular complexity index is 1130. The number of nitrogens with two attached hydrogens (primary N) is 1. The first-order valence-electron chi connectivity index (χ1n) is 10.2. The molecule has 0 bridgehead atoms. The summed E-state index contributed by atoms with van der Waals surface area (Å²) in [5.41, 5.74) is 6.36. The highest BCUT2D eigenvalue weighted by Gasteiger charge is 2.23. The fourth-order valence-corrected chi connectivity index (χ4v) is 3.20. The number of H-pyrrole nitrogens is 1. The van der Waals surface area contributed by atoms with Gasteiger partial charge >= 0.3 is 18.4 Å². The van der Waals surface area contributed by atoms with Crippen molar-refractivity contribution < 1.29 is 29.0 Å². The Hall–Kier alpha value is -4.62. The first-order chi connectivity index (χ1) is 16.3. The van der Waals surface area contributed by atoms with Crippen molar-refractivity contribution in [3.63, 3.8) is 0 Å². The standard InChI is InChI=1S/C20H23N7O7/c21-20-26-16-15(18(31)27-20)24-12(8-23-16)7-22-11-3-1-10(2-4-11)17(30)25-13(19(32)33)5-6-14(29)34-9-28/h1-4,9,12-13,22,24H,5-8H2,(H,25,30)(H,32,33)(H4,21,23,26,27,31)/t12?,13-/m1/s1. The number of carboxylic acids is 1. The second kappa shape index (κ2) is 10.8. The van der Waals surface area contributed by atoms with Crippen molar-refractivity contribution in [2.24, 2.45) is 0 Å². The van der Waals surface area contributed by atoms with Crippen LogP contribution in [0.3, 0.4) is 0 Å². The molecule has 2 heterocycles. The van der Waals surface area contributed by atoms with E-state index >= 15 is 0 Å². The molecule has 180 valence electrons. The number of carboxylic acid groups (broad SMARTS) is 1. The smallest absolute Gasteiger partial charge is 0.326 e. The van der Waals surface area contributed by atoms with Crippen LogP contribution in [0.4, 0.5) is 23.1 Å². The lowest BCUT2D eigenvalue weighted by molar-refractivity contribution is -0.151. The number of benzene rings is 1. The van der Waals surface area contributed by atoms with Gasteiger partial charge in [0.05, 0.1) is 6.04 Å². The number of nitrogens with one attached hydrogen (secondary N) is 5. The number of hydrogen-bond donors (Lipinski definition) is 7. The third kappa shape index (κ3) is 6.21. The van der Waals surface area contributed by atoms with Crippen LogP contribution in [0.15, 0.2) is 29.1 Å². The summed E-state index contributed by atoms with van der Waals surface area (Å²) in [7, 11) is 0. The quantitative estimate of drug-likeness (QED) is 0.130. The van der Waals surface area contributed by atoms with Crippen molar-refractivity contribution in [1.82, 2.24) is 15.3 Å². The van der Waals surface area contributed by atoms with Gasteiger partial charge < -0.3 is 36.8 Å². The first-order valence-corrected chi connectivity index (χ1v) is 10.2. The van der Waals surface area contributed by atoms with E-state index < -0.39 is 23.9 Å². The summed E-state index contributed by atoms with van der Waals surface area (Å²) in [6.07, 6.45) is -0.577. The molecule has 8 N–H and O–H groups in total. The number of carbonyl (C=O) groups is 4. The highest BCUT2D eigenvalue weighted by molar-refractivity contribution is 5.97. The van der Waals surface area contributed by atoms with E-state index in [2.05, 4.69) is 36.0 Å². The largest absolute Gasteiger partial charge is 0.480 e. The lowest BCUT2D eigenvalue weighted by Gasteiger charge is -2.27. The Balaban J connectivity index is 1.52. The van der Waals surface area contributed by atoms with Crippen LogP contribution < -0.4 is 32.6 Å². The molecule has 1 aliphatic heterocycles. The van der Waals surface area contributed by atoms with Crippen molar-refractivity contribution in [1.29, 1.82) is 0 Å². The van der Waals surface area contributed by atoms with E-state index in [1.807, 2.05) is 0 Å². The van der Waals surface area contributed by atoms with Crippen molar-refractivity contribution in [2.75, 3.05) is 34.8 Å². The van der Waals surface area contributed by atoms with Crippen LogP contribution in [0.25, 0.3) is 0 Å². The molecule has 3 rings (SSSR count). The van der Waals surface area contributed by atoms with Crippen molar-refractivity contribution in [3.05, 3.63) is 40.2 Å². The van der Waals surface area contributed by atoms with Crippen LogP contribution in [0, 0.1) is 0 Å². The summed E-state index contributed by atoms with van der Waals surface area (Å²) in [5, 5.41) is 20.9. The van der Waals surface area contributed by atoms with Gasteiger partial charge in [0.15, 0.2) is 5.82 Å². The van der Waals surface area contributed by atoms with Crippen LogP contribution in [0.1, 0.15) is 23.2 Å². The fraction of sp³-hybridized carbons (Fsp3) is 0.300. The second-order valence-corrected chi connectivity index (χ2v) is 7.34. The number of esters is 1. The van der Waals surface area contributed by atoms with Crippen LogP contribution in [0.2, 0.25) is 0 Å². The first kappa shape index (κ1) is 24.0. The molecule has 14 nitrogen and oxygen atoms in total. The summed E-state index contributed by atoms with van der Waals surface area (Å²) < 4.78 is 4.10. The lowest BCUT2D eigenvalue weighted by atomic mass is 10.1. The van der Waals surface area contributed by atoms with Gasteiger partial charge in [-0.05, 0) is 30.7 Å². The Morgan fingerprint density at radius 2 is 2.03 bits per heavy atom. The van der Waals surface area contributed by atoms with Gasteiger partial charge in [-0.25, -0.2) is 4.79 Å². The maximum absolute atomic E-state index is 12.4. The molecule has 34 heavy (non-hydrogen) atoms. The summed E-state index contributed by atoms with van der Waals surface area (Å²) in [4.78, 5) is 63.6. The predicted molar refractivity (Wildman–Crippen MR) is 120 cm³/mol. The van der Waals surface area contributed by atoms with Gasteiger partial charge in [-0.15, -0.1) is 0 Å². The molecule has 1 aromatic heterocycles. The Morgan fingerprint density at radius 3 is 2.71 bits per heavy atom. The monoisotopic (exact) mass is 473 g/mol. The van der Waals surface area contributed by atoms with Gasteiger partial charge in [-0.2, -0.15) is 4.98 Å². The average Bonchev–Trinajstić information content (AvgIpc) is 2.80. The topological polar surface area (TPSA) is 218 Å². The molecular formula is C20H23N7O7. The number of rotatable bonds is 10. The normalized spacial score (nSPS) is 15.0. The molecule has 0 saturated heterocycles. The Kier molecular flexibility index (Phi) is 7.63. The molecule has 1 unspecified atom stereocenters. The number of aliphatic carboxylic acids is 1. The third-order valence-corrected chi connectivity index (χ3v) is 4.92. The highest BCUT2D eigenvalue weighted by Crippen LogP contribution is 2.20. The second-order valence-electron chi connectivity index (χ2n) is 7.34. The van der Waals surface area contributed by atoms with Crippen LogP contribution >= 0.6 is 0 Å². The maximum Gasteiger partial charge on any atom is 0.326 e. The SMILES string of the molecule is Nc1nc2c(c(=O)[nH]1)NC(CNc1ccc(C(=O)N[C@H](CCC(=O)OC=O)C(=O)O)cc1)CN2. The number of fused-ring (bicyclic) bond motifs is 1. The molecule has 1 aliphatic rings. The number of carbonyl (C=O) groups excluding carboxylic acids is 3. The number of amides is 1. The summed E-state index contributed by atoms with van der Waals surface area (Å²) >= 11 is 0. The molecule has 1 amide bonds. The van der Waals surface area contributed by atoms with E-state index in [0.29, 0.717) is 30.3 Å². The van der Waals surface area contributed by atoms with Crippen molar-refractivity contribution in [2.45, 2.75) is 24.9 Å². The highest BCUT2D eigenvalue weighted by atomic mass is 16.6. The number of nitrogens with zero attached hydrogens (tertiary/aromatic N) is 1. The molecule has 2 atom stereocenters. The van der Waals surface area contributed by atoms with Gasteiger partial charge in [-0.3, -0.25) is 24.2 Å². The molecular weight excluding hydrogens is 450 g/mol. The van der Waals surface area contributed by atoms with Gasteiger partial charge in [0, 0.05) is 30.8 Å². The van der Waals surface area contributed by atoms with E-state index in [1.165, 1.54) is 12.1 Å². The van der Waals surface area contributed by atoms with Crippen LogP contribution in [-0.2, 0) is 19.1 Å². The van der Waals surface area contributed by atoms with Gasteiger partial charge in [0.1, 0.15) is 11.7 Å². The van der Waals surface area contributed by atoms with Gasteiger partial charge in [0.25, 0.3) is 11.5 Å². The zero-order valence-electron chi connectivity index (χ0n) is 17.8. The number of aromatic amines is 1. The molecule has 14 heteroatoms. The van der Waals surface area contributed by atoms with Crippen molar-refractivity contribution >= 4 is 47.5 Å². The molecule has 0 fully saturated rings. The van der Waals surface area contributed by atoms with E-state index in [4.69, 9.17) is 5.73 Å². The predicted octanol–water partition coefficient (Wildman–Crippen LogP) is -0.667. The molecule has 2 aromatic rings. The zero-order valence-corrected chi connectivity index (χ0v) is 17.8. The minimum Gasteiger partial charge on any atom is -0.480 e. The van der Waals surface area contributed by atoms with E-state index in [9.17, 15) is 29.1 Å². The van der Waals surface area contributed by atoms with Gasteiger partial charge in [-0.1, -0.05) is 0 Å². The molecule has 0 aliphatic carbocycles. The van der Waals surface area contributed by atoms with Crippen molar-refractivity contribution in [3.8, 4) is 0 Å². The lowest BCUT2D eigenvalue weighted by Crippen LogP contribution is -2.41. The molecule has 1 aromatic carbocycles. The number of aromatic nitrogens is 2. The minimum atomic E-state index is -1.33. The number of nitrogen functional groups attached to an aromatic ring is 1. The Morgan fingerprint density at radius 1 is 1.29 bits per heavy atom. The molecule has 0 spiro atoms. The van der Waals surface area contributed by atoms with E-state index in [-0.39, 0.29) is 42.4 Å². The molecule has 0 saturated carbocycles. The maximum atomic E-state index is 12.4. The fourth-order valence-electron chi connectivity index (χ4n) is 3.20. The summed E-state index contributed by atoms with van der Waals surface area (Å²) in [5.74, 6) is -2.44.